The molecule has 1 atom stereocenters. The molecule has 0 aromatic carbocycles. The van der Waals surface area contributed by atoms with Crippen LogP contribution in [0.1, 0.15) is 37.0 Å². The van der Waals surface area contributed by atoms with Gasteiger partial charge in [0, 0.05) is 37.6 Å². The number of hydrogen-bond acceptors (Lipinski definition) is 5. The van der Waals surface area contributed by atoms with Crippen molar-refractivity contribution in [2.45, 2.75) is 39.9 Å². The molecule has 2 amide bonds. The fraction of sp³-hybridized carbons (Fsp3) is 0.526. The lowest BCUT2D eigenvalue weighted by Gasteiger charge is -2.30. The van der Waals surface area contributed by atoms with E-state index < -0.39 is 11.5 Å². The molecule has 8 heteroatoms. The Kier molecular flexibility index (Phi) is 5.39. The normalized spacial score (nSPS) is 15.9. The molecule has 1 aliphatic rings. The smallest absolute Gasteiger partial charge is 0.272 e. The van der Waals surface area contributed by atoms with Gasteiger partial charge in [0.05, 0.1) is 5.69 Å². The molecule has 27 heavy (non-hydrogen) atoms. The molecular formula is C19H27N5O2S. The van der Waals surface area contributed by atoms with Crippen LogP contribution in [0.5, 0.6) is 0 Å². The number of fused-ring (bicyclic) bond motifs is 1. The van der Waals surface area contributed by atoms with Crippen molar-refractivity contribution < 1.29 is 9.59 Å². The summed E-state index contributed by atoms with van der Waals surface area (Å²) in [6, 6.07) is 1.38. The van der Waals surface area contributed by atoms with E-state index in [0.717, 1.165) is 30.2 Å². The van der Waals surface area contributed by atoms with Crippen LogP contribution in [0.4, 0.5) is 0 Å². The first-order valence-corrected chi connectivity index (χ1v) is 9.99. The van der Waals surface area contributed by atoms with E-state index in [0.29, 0.717) is 12.2 Å². The Labute approximate surface area is 163 Å². The van der Waals surface area contributed by atoms with E-state index in [1.807, 2.05) is 44.6 Å². The van der Waals surface area contributed by atoms with Crippen molar-refractivity contribution in [3.63, 3.8) is 0 Å². The van der Waals surface area contributed by atoms with Crippen LogP contribution >= 0.6 is 11.3 Å². The molecule has 0 saturated carbocycles. The maximum atomic E-state index is 13.1. The van der Waals surface area contributed by atoms with Gasteiger partial charge in [-0.2, -0.15) is 11.3 Å². The number of rotatable bonds is 4. The molecule has 0 spiro atoms. The van der Waals surface area contributed by atoms with Crippen LogP contribution in [-0.2, 0) is 17.9 Å². The van der Waals surface area contributed by atoms with Crippen molar-refractivity contribution in [2.24, 2.45) is 5.41 Å². The van der Waals surface area contributed by atoms with Crippen molar-refractivity contribution in [3.05, 3.63) is 28.2 Å². The van der Waals surface area contributed by atoms with Crippen LogP contribution in [0.2, 0.25) is 0 Å². The van der Waals surface area contributed by atoms with Crippen molar-refractivity contribution in [3.8, 4) is 11.4 Å². The van der Waals surface area contributed by atoms with Gasteiger partial charge in [0.2, 0.25) is 5.91 Å². The molecule has 2 aromatic rings. The van der Waals surface area contributed by atoms with Crippen molar-refractivity contribution >= 4 is 23.2 Å². The van der Waals surface area contributed by atoms with Gasteiger partial charge in [-0.1, -0.05) is 20.8 Å². The molecule has 3 rings (SSSR count). The molecule has 1 aliphatic heterocycles. The first-order chi connectivity index (χ1) is 12.7. The monoisotopic (exact) mass is 389 g/mol. The Morgan fingerprint density at radius 1 is 1.30 bits per heavy atom. The maximum Gasteiger partial charge on any atom is 0.272 e. The average molecular weight is 390 g/mol. The van der Waals surface area contributed by atoms with Crippen molar-refractivity contribution in [1.29, 1.82) is 0 Å². The zero-order valence-electron chi connectivity index (χ0n) is 16.5. The molecule has 2 N–H and O–H groups in total. The molecule has 146 valence electrons. The fourth-order valence-electron chi connectivity index (χ4n) is 3.31. The van der Waals surface area contributed by atoms with E-state index in [-0.39, 0.29) is 11.8 Å². The highest BCUT2D eigenvalue weighted by Gasteiger charge is 2.34. The molecule has 0 aliphatic carbocycles. The summed E-state index contributed by atoms with van der Waals surface area (Å²) in [7, 11) is 3.61. The molecule has 7 nitrogen and oxygen atoms in total. The summed E-state index contributed by atoms with van der Waals surface area (Å²) in [6.45, 7) is 8.14. The standard InChI is InChI=1S/C19H27N5O2S/c1-19(2,3)15(18(26)20-4)22-17(25)14-13-10-23(5)7-8-24(13)16(21-14)12-6-9-27-11-12/h6,9,11,15H,7-8,10H2,1-5H3,(H,20,26)(H,22,25). The minimum Gasteiger partial charge on any atom is -0.357 e. The van der Waals surface area contributed by atoms with Crippen LogP contribution < -0.4 is 10.6 Å². The summed E-state index contributed by atoms with van der Waals surface area (Å²) < 4.78 is 2.13. The highest BCUT2D eigenvalue weighted by Crippen LogP contribution is 2.28. The quantitative estimate of drug-likeness (QED) is 0.838. The van der Waals surface area contributed by atoms with E-state index in [4.69, 9.17) is 0 Å². The summed E-state index contributed by atoms with van der Waals surface area (Å²) in [6.07, 6.45) is 0. The predicted molar refractivity (Wildman–Crippen MR) is 107 cm³/mol. The Bertz CT molecular complexity index is 835. The number of carbonyl (C=O) groups is 2. The third kappa shape index (κ3) is 3.91. The van der Waals surface area contributed by atoms with Crippen LogP contribution in [0.3, 0.4) is 0 Å². The minimum absolute atomic E-state index is 0.209. The first kappa shape index (κ1) is 19.6. The third-order valence-electron chi connectivity index (χ3n) is 4.84. The predicted octanol–water partition coefficient (Wildman–Crippen LogP) is 1.95. The number of nitrogens with one attached hydrogen (secondary N) is 2. The molecule has 2 aromatic heterocycles. The first-order valence-electron chi connectivity index (χ1n) is 9.05. The summed E-state index contributed by atoms with van der Waals surface area (Å²) in [5, 5.41) is 9.59. The Morgan fingerprint density at radius 2 is 2.04 bits per heavy atom. The molecule has 0 fully saturated rings. The van der Waals surface area contributed by atoms with E-state index in [1.54, 1.807) is 18.4 Å². The summed E-state index contributed by atoms with van der Waals surface area (Å²) in [5.74, 6) is 0.301. The van der Waals surface area contributed by atoms with Crippen LogP contribution in [0.15, 0.2) is 16.8 Å². The van der Waals surface area contributed by atoms with Gasteiger partial charge in [-0.3, -0.25) is 14.5 Å². The van der Waals surface area contributed by atoms with E-state index in [1.165, 1.54) is 0 Å². The Morgan fingerprint density at radius 3 is 2.63 bits per heavy atom. The largest absolute Gasteiger partial charge is 0.357 e. The molecule has 1 unspecified atom stereocenters. The third-order valence-corrected chi connectivity index (χ3v) is 5.53. The van der Waals surface area contributed by atoms with Gasteiger partial charge < -0.3 is 15.2 Å². The maximum absolute atomic E-state index is 13.1. The Hall–Kier alpha value is -2.19. The van der Waals surface area contributed by atoms with Crippen LogP contribution in [-0.4, -0.2) is 52.9 Å². The van der Waals surface area contributed by atoms with Crippen LogP contribution in [0.25, 0.3) is 11.4 Å². The number of amides is 2. The second-order valence-corrected chi connectivity index (χ2v) is 8.80. The zero-order chi connectivity index (χ0) is 19.8. The molecule has 0 bridgehead atoms. The fourth-order valence-corrected chi connectivity index (χ4v) is 3.94. The summed E-state index contributed by atoms with van der Waals surface area (Å²) >= 11 is 1.61. The van der Waals surface area contributed by atoms with Crippen LogP contribution in [0, 0.1) is 5.41 Å². The summed E-state index contributed by atoms with van der Waals surface area (Å²) in [4.78, 5) is 32.3. The van der Waals surface area contributed by atoms with Gasteiger partial charge in [-0.15, -0.1) is 0 Å². The Balaban J connectivity index is 1.98. The second-order valence-electron chi connectivity index (χ2n) is 8.02. The lowest BCUT2D eigenvalue weighted by Crippen LogP contribution is -2.53. The average Bonchev–Trinajstić information content (AvgIpc) is 3.24. The molecule has 3 heterocycles. The lowest BCUT2D eigenvalue weighted by atomic mass is 9.86. The highest BCUT2D eigenvalue weighted by molar-refractivity contribution is 7.08. The number of hydrogen-bond donors (Lipinski definition) is 2. The lowest BCUT2D eigenvalue weighted by molar-refractivity contribution is -0.124. The number of nitrogens with zero attached hydrogens (tertiary/aromatic N) is 3. The van der Waals surface area contributed by atoms with E-state index in [9.17, 15) is 9.59 Å². The van der Waals surface area contributed by atoms with Crippen molar-refractivity contribution in [1.82, 2.24) is 25.1 Å². The SMILES string of the molecule is CNC(=O)C(NC(=O)c1nc(-c2ccsc2)n2c1CN(C)CC2)C(C)(C)C. The van der Waals surface area contributed by atoms with Gasteiger partial charge >= 0.3 is 0 Å². The number of carbonyl (C=O) groups excluding carboxylic acids is 2. The molecule has 0 radical (unpaired) electrons. The zero-order valence-corrected chi connectivity index (χ0v) is 17.3. The molecule has 0 saturated heterocycles. The van der Waals surface area contributed by atoms with E-state index in [2.05, 4.69) is 25.1 Å². The molecular weight excluding hydrogens is 362 g/mol. The van der Waals surface area contributed by atoms with Gasteiger partial charge in [0.1, 0.15) is 11.9 Å². The van der Waals surface area contributed by atoms with Crippen molar-refractivity contribution in [2.75, 3.05) is 20.6 Å². The van der Waals surface area contributed by atoms with Gasteiger partial charge in [0.15, 0.2) is 5.69 Å². The number of likely N-dealkylation sites (N-methyl/N-ethyl adjacent to an activating group) is 2. The second kappa shape index (κ2) is 7.44. The van der Waals surface area contributed by atoms with Gasteiger partial charge in [-0.25, -0.2) is 4.98 Å². The van der Waals surface area contributed by atoms with E-state index >= 15 is 0 Å². The van der Waals surface area contributed by atoms with Gasteiger partial charge in [0.25, 0.3) is 5.91 Å². The minimum atomic E-state index is -0.640. The topological polar surface area (TPSA) is 79.3 Å². The highest BCUT2D eigenvalue weighted by atomic mass is 32.1. The van der Waals surface area contributed by atoms with Gasteiger partial charge in [-0.05, 0) is 23.9 Å². The number of thiophene rings is 1. The number of aromatic nitrogens is 2. The number of imidazole rings is 1. The summed E-state index contributed by atoms with van der Waals surface area (Å²) in [5.41, 5.74) is 1.90.